The van der Waals surface area contributed by atoms with Gasteiger partial charge in [0, 0.05) is 41.3 Å². The second-order valence-electron chi connectivity index (χ2n) is 8.12. The summed E-state index contributed by atoms with van der Waals surface area (Å²) in [6.45, 7) is 2.05. The summed E-state index contributed by atoms with van der Waals surface area (Å²) in [4.78, 5) is 23.4. The third-order valence-corrected chi connectivity index (χ3v) is 6.37. The summed E-state index contributed by atoms with van der Waals surface area (Å²) < 4.78 is 0. The number of hydrogen-bond acceptors (Lipinski definition) is 4. The largest absolute Gasteiger partial charge is 0.365 e. The predicted octanol–water partition coefficient (Wildman–Crippen LogP) is 4.11. The molecule has 1 amide bonds. The van der Waals surface area contributed by atoms with Gasteiger partial charge in [0.25, 0.3) is 5.91 Å². The number of fused-ring (bicyclic) bond motifs is 2. The molecule has 3 atom stereocenters. The van der Waals surface area contributed by atoms with Crippen molar-refractivity contribution in [3.05, 3.63) is 71.5 Å². The number of pyridine rings is 1. The number of hydrogen-bond donors (Lipinski definition) is 2. The maximum atomic E-state index is 13.7. The molecule has 2 saturated heterocycles. The first-order valence-electron chi connectivity index (χ1n) is 10.3. The molecular weight excluding hydrogens is 374 g/mol. The number of nitrogens with zero attached hydrogens (tertiary/aromatic N) is 3. The minimum Gasteiger partial charge on any atom is -0.365 e. The smallest absolute Gasteiger partial charge is 0.255 e. The second kappa shape index (κ2) is 7.34. The van der Waals surface area contributed by atoms with Crippen LogP contribution in [0.25, 0.3) is 11.3 Å². The summed E-state index contributed by atoms with van der Waals surface area (Å²) in [7, 11) is 0. The fourth-order valence-electron chi connectivity index (χ4n) is 5.02. The van der Waals surface area contributed by atoms with E-state index in [0.29, 0.717) is 5.56 Å². The molecule has 4 heterocycles. The van der Waals surface area contributed by atoms with Crippen molar-refractivity contribution in [2.45, 2.75) is 44.3 Å². The van der Waals surface area contributed by atoms with Crippen molar-refractivity contribution < 1.29 is 4.79 Å². The van der Waals surface area contributed by atoms with Gasteiger partial charge in [-0.15, -0.1) is 0 Å². The number of nitrogens with one attached hydrogen (secondary N) is 2. The number of H-pyrrole nitrogens is 1. The Morgan fingerprint density at radius 2 is 2.13 bits per heavy atom. The van der Waals surface area contributed by atoms with Gasteiger partial charge in [-0.25, -0.2) is 4.98 Å². The van der Waals surface area contributed by atoms with Crippen molar-refractivity contribution in [1.29, 1.82) is 5.26 Å². The minimum atomic E-state index is 0.105. The Bertz CT molecular complexity index is 1110. The topological polar surface area (TPSA) is 84.8 Å². The van der Waals surface area contributed by atoms with Crippen LogP contribution in [-0.4, -0.2) is 38.9 Å². The molecular formula is C24H23N5O. The molecule has 0 radical (unpaired) electrons. The highest BCUT2D eigenvalue weighted by atomic mass is 16.2. The Hall–Kier alpha value is -3.59. The average Bonchev–Trinajstić information content (AvgIpc) is 3.50. The molecule has 3 aromatic rings. The Morgan fingerprint density at radius 3 is 2.87 bits per heavy atom. The van der Waals surface area contributed by atoms with Crippen LogP contribution in [0.5, 0.6) is 0 Å². The van der Waals surface area contributed by atoms with E-state index in [4.69, 9.17) is 5.26 Å². The number of aryl methyl sites for hydroxylation is 1. The lowest BCUT2D eigenvalue weighted by atomic mass is 9.95. The number of aromatic amines is 1. The first-order chi connectivity index (χ1) is 14.7. The Labute approximate surface area is 175 Å². The molecule has 0 unspecified atom stereocenters. The number of amides is 1. The van der Waals surface area contributed by atoms with Crippen LogP contribution in [0.3, 0.4) is 0 Å². The molecule has 0 aliphatic carbocycles. The van der Waals surface area contributed by atoms with Gasteiger partial charge in [-0.05, 0) is 62.1 Å². The molecule has 30 heavy (non-hydrogen) atoms. The third-order valence-electron chi connectivity index (χ3n) is 6.37. The first kappa shape index (κ1) is 18.4. The van der Waals surface area contributed by atoms with Crippen molar-refractivity contribution in [3.8, 4) is 17.3 Å². The maximum absolute atomic E-state index is 13.7. The summed E-state index contributed by atoms with van der Waals surface area (Å²) >= 11 is 0. The van der Waals surface area contributed by atoms with E-state index in [9.17, 15) is 4.79 Å². The second-order valence-corrected chi connectivity index (χ2v) is 8.12. The molecule has 2 bridgehead atoms. The van der Waals surface area contributed by atoms with E-state index in [1.807, 2.05) is 49.5 Å². The van der Waals surface area contributed by atoms with Gasteiger partial charge in [0.05, 0.1) is 11.6 Å². The molecule has 2 aliphatic rings. The summed E-state index contributed by atoms with van der Waals surface area (Å²) in [5.41, 5.74) is 4.34. The molecule has 2 aliphatic heterocycles. The fraction of sp³-hybridized carbons (Fsp3) is 0.292. The first-order valence-corrected chi connectivity index (χ1v) is 10.3. The van der Waals surface area contributed by atoms with Crippen LogP contribution < -0.4 is 5.32 Å². The van der Waals surface area contributed by atoms with Gasteiger partial charge in [-0.1, -0.05) is 12.1 Å². The van der Waals surface area contributed by atoms with Crippen LogP contribution in [0.2, 0.25) is 0 Å². The number of nitriles is 1. The zero-order valence-electron chi connectivity index (χ0n) is 16.8. The van der Waals surface area contributed by atoms with Crippen LogP contribution in [0.15, 0.2) is 54.9 Å². The van der Waals surface area contributed by atoms with Gasteiger partial charge in [0.2, 0.25) is 0 Å². The summed E-state index contributed by atoms with van der Waals surface area (Å²) in [5, 5.41) is 12.4. The van der Waals surface area contributed by atoms with E-state index in [0.717, 1.165) is 47.5 Å². The normalized spacial score (nSPS) is 22.1. The van der Waals surface area contributed by atoms with Gasteiger partial charge in [0.1, 0.15) is 11.9 Å². The monoisotopic (exact) mass is 397 g/mol. The van der Waals surface area contributed by atoms with Crippen LogP contribution >= 0.6 is 0 Å². The molecule has 0 saturated carbocycles. The lowest BCUT2D eigenvalue weighted by Crippen LogP contribution is -2.40. The van der Waals surface area contributed by atoms with E-state index in [2.05, 4.69) is 26.3 Å². The summed E-state index contributed by atoms with van der Waals surface area (Å²) in [6, 6.07) is 16.2. The van der Waals surface area contributed by atoms with E-state index < -0.39 is 0 Å². The Balaban J connectivity index is 1.41. The highest BCUT2D eigenvalue weighted by Crippen LogP contribution is 2.41. The van der Waals surface area contributed by atoms with Gasteiger partial charge in [-0.2, -0.15) is 5.26 Å². The van der Waals surface area contributed by atoms with E-state index in [1.165, 1.54) is 0 Å². The molecule has 6 nitrogen and oxygen atoms in total. The summed E-state index contributed by atoms with van der Waals surface area (Å²) in [5.74, 6) is 0.856. The number of anilines is 1. The number of carbonyl (C=O) groups excluding carboxylic acids is 1. The predicted molar refractivity (Wildman–Crippen MR) is 115 cm³/mol. The van der Waals surface area contributed by atoms with Gasteiger partial charge in [0.15, 0.2) is 0 Å². The number of carbonyl (C=O) groups is 1. The highest BCUT2D eigenvalue weighted by Gasteiger charge is 2.49. The molecule has 150 valence electrons. The van der Waals surface area contributed by atoms with Crippen LogP contribution in [0, 0.1) is 18.3 Å². The zero-order chi connectivity index (χ0) is 20.7. The van der Waals surface area contributed by atoms with Crippen LogP contribution in [-0.2, 0) is 0 Å². The molecule has 2 aromatic heterocycles. The Morgan fingerprint density at radius 1 is 1.23 bits per heavy atom. The maximum Gasteiger partial charge on any atom is 0.255 e. The number of aromatic nitrogens is 2. The zero-order valence-corrected chi connectivity index (χ0v) is 16.8. The van der Waals surface area contributed by atoms with Crippen molar-refractivity contribution in [3.63, 3.8) is 0 Å². The summed E-state index contributed by atoms with van der Waals surface area (Å²) in [6.07, 6.45) is 6.42. The quantitative estimate of drug-likeness (QED) is 0.694. The van der Waals surface area contributed by atoms with E-state index in [1.54, 1.807) is 12.3 Å². The molecule has 2 fully saturated rings. The minimum absolute atomic E-state index is 0.105. The molecule has 2 N–H and O–H groups in total. The van der Waals surface area contributed by atoms with E-state index in [-0.39, 0.29) is 24.0 Å². The van der Waals surface area contributed by atoms with Crippen LogP contribution in [0.4, 0.5) is 5.82 Å². The molecule has 6 heteroatoms. The van der Waals surface area contributed by atoms with Crippen molar-refractivity contribution in [2.24, 2.45) is 0 Å². The van der Waals surface area contributed by atoms with E-state index >= 15 is 0 Å². The van der Waals surface area contributed by atoms with Gasteiger partial charge < -0.3 is 15.2 Å². The highest BCUT2D eigenvalue weighted by molar-refractivity contribution is 6.02. The van der Waals surface area contributed by atoms with Crippen molar-refractivity contribution in [1.82, 2.24) is 14.9 Å². The fourth-order valence-corrected chi connectivity index (χ4v) is 5.02. The third kappa shape index (κ3) is 3.03. The number of rotatable bonds is 4. The number of benzene rings is 1. The average molecular weight is 397 g/mol. The molecule has 0 spiro atoms. The lowest BCUT2D eigenvalue weighted by Gasteiger charge is -2.26. The lowest BCUT2D eigenvalue weighted by molar-refractivity contribution is 0.0728. The molecule has 5 rings (SSSR count). The standard InChI is InChI=1S/C24H23N5O/c1-15-4-2-5-18(23(15)19-6-3-11-26-19)24(30)29-17-8-9-21(29)20(12-17)28-22-10-7-16(13-25)14-27-22/h2-7,10-11,14,17,20-21,26H,8-9,12H2,1H3,(H,27,28)/t17-,20-,21+/m1/s1. The van der Waals surface area contributed by atoms with Crippen molar-refractivity contribution in [2.75, 3.05) is 5.32 Å². The van der Waals surface area contributed by atoms with Crippen molar-refractivity contribution >= 4 is 11.7 Å². The van der Waals surface area contributed by atoms with Gasteiger partial charge in [-0.3, -0.25) is 4.79 Å². The molecule has 1 aromatic carbocycles. The van der Waals surface area contributed by atoms with Crippen LogP contribution in [0.1, 0.15) is 40.7 Å². The van der Waals surface area contributed by atoms with Gasteiger partial charge >= 0.3 is 0 Å². The SMILES string of the molecule is Cc1cccc(C(=O)N2[C@@H]3CC[C@H]2[C@H](Nc2ccc(C#N)cn2)C3)c1-c1ccc[nH]1. The Kier molecular flexibility index (Phi) is 4.51.